The largest absolute Gasteiger partial charge is 0.395 e. The van der Waals surface area contributed by atoms with Crippen LogP contribution in [0.25, 0.3) is 10.9 Å². The SMILES string of the molecule is Cc1cc(C)c2cc(CNCCO)c(=O)[nH]c2c1. The number of aromatic amines is 1. The maximum absolute atomic E-state index is 11.9. The maximum atomic E-state index is 11.9. The molecule has 0 saturated carbocycles. The zero-order valence-electron chi connectivity index (χ0n) is 10.7. The molecule has 4 heteroatoms. The number of hydrogen-bond donors (Lipinski definition) is 3. The second kappa shape index (κ2) is 5.33. The van der Waals surface area contributed by atoms with Crippen molar-refractivity contribution in [2.45, 2.75) is 20.4 Å². The first kappa shape index (κ1) is 12.8. The van der Waals surface area contributed by atoms with Gasteiger partial charge in [0, 0.05) is 29.6 Å². The van der Waals surface area contributed by atoms with Crippen molar-refractivity contribution < 1.29 is 5.11 Å². The molecular weight excluding hydrogens is 228 g/mol. The highest BCUT2D eigenvalue weighted by Crippen LogP contribution is 2.18. The number of aliphatic hydroxyl groups excluding tert-OH is 1. The Morgan fingerprint density at radius 1 is 1.28 bits per heavy atom. The third-order valence-corrected chi connectivity index (χ3v) is 2.99. The van der Waals surface area contributed by atoms with Crippen molar-refractivity contribution in [1.82, 2.24) is 10.3 Å². The monoisotopic (exact) mass is 246 g/mol. The van der Waals surface area contributed by atoms with Crippen LogP contribution in [0.5, 0.6) is 0 Å². The summed E-state index contributed by atoms with van der Waals surface area (Å²) in [6.45, 7) is 5.09. The fraction of sp³-hybridized carbons (Fsp3) is 0.357. The quantitative estimate of drug-likeness (QED) is 0.711. The molecular formula is C14H18N2O2. The van der Waals surface area contributed by atoms with Gasteiger partial charge in [0.05, 0.1) is 6.61 Å². The molecule has 1 aromatic carbocycles. The summed E-state index contributed by atoms with van der Waals surface area (Å²) >= 11 is 0. The molecule has 0 unspecified atom stereocenters. The Kier molecular flexibility index (Phi) is 3.79. The van der Waals surface area contributed by atoms with Gasteiger partial charge in [0.25, 0.3) is 5.56 Å². The Morgan fingerprint density at radius 2 is 2.06 bits per heavy atom. The van der Waals surface area contributed by atoms with Crippen LogP contribution in [0.2, 0.25) is 0 Å². The van der Waals surface area contributed by atoms with E-state index in [-0.39, 0.29) is 12.2 Å². The van der Waals surface area contributed by atoms with Crippen LogP contribution in [0.4, 0.5) is 0 Å². The van der Waals surface area contributed by atoms with E-state index in [0.717, 1.165) is 22.0 Å². The van der Waals surface area contributed by atoms with E-state index in [1.165, 1.54) is 0 Å². The minimum Gasteiger partial charge on any atom is -0.395 e. The lowest BCUT2D eigenvalue weighted by atomic mass is 10.0. The molecule has 0 aliphatic heterocycles. The number of fused-ring (bicyclic) bond motifs is 1. The van der Waals surface area contributed by atoms with Gasteiger partial charge in [-0.2, -0.15) is 0 Å². The normalized spacial score (nSPS) is 11.1. The van der Waals surface area contributed by atoms with E-state index in [1.807, 2.05) is 26.0 Å². The summed E-state index contributed by atoms with van der Waals surface area (Å²) in [5, 5.41) is 12.8. The van der Waals surface area contributed by atoms with E-state index in [0.29, 0.717) is 18.7 Å². The van der Waals surface area contributed by atoms with Crippen molar-refractivity contribution in [3.05, 3.63) is 45.2 Å². The molecule has 0 aliphatic carbocycles. The maximum Gasteiger partial charge on any atom is 0.252 e. The van der Waals surface area contributed by atoms with Crippen molar-refractivity contribution in [1.29, 1.82) is 0 Å². The zero-order chi connectivity index (χ0) is 13.1. The van der Waals surface area contributed by atoms with E-state index in [1.54, 1.807) is 0 Å². The van der Waals surface area contributed by atoms with Gasteiger partial charge >= 0.3 is 0 Å². The molecule has 1 aromatic heterocycles. The standard InChI is InChI=1S/C14H18N2O2/c1-9-5-10(2)12-7-11(8-15-3-4-17)14(18)16-13(12)6-9/h5-7,15,17H,3-4,8H2,1-2H3,(H,16,18). The van der Waals surface area contributed by atoms with Gasteiger partial charge in [-0.3, -0.25) is 4.79 Å². The van der Waals surface area contributed by atoms with E-state index < -0.39 is 0 Å². The number of nitrogens with one attached hydrogen (secondary N) is 2. The number of aromatic nitrogens is 1. The summed E-state index contributed by atoms with van der Waals surface area (Å²) in [5.74, 6) is 0. The topological polar surface area (TPSA) is 65.1 Å². The number of H-pyrrole nitrogens is 1. The molecule has 0 saturated heterocycles. The van der Waals surface area contributed by atoms with Crippen molar-refractivity contribution in [2.75, 3.05) is 13.2 Å². The van der Waals surface area contributed by atoms with E-state index in [4.69, 9.17) is 5.11 Å². The van der Waals surface area contributed by atoms with Crippen LogP contribution in [0.1, 0.15) is 16.7 Å². The lowest BCUT2D eigenvalue weighted by Crippen LogP contribution is -2.23. The second-order valence-corrected chi connectivity index (χ2v) is 4.57. The van der Waals surface area contributed by atoms with E-state index in [2.05, 4.69) is 16.4 Å². The van der Waals surface area contributed by atoms with Crippen LogP contribution in [0.15, 0.2) is 23.0 Å². The fourth-order valence-electron chi connectivity index (χ4n) is 2.15. The van der Waals surface area contributed by atoms with Crippen LogP contribution in [0, 0.1) is 13.8 Å². The van der Waals surface area contributed by atoms with Gasteiger partial charge in [-0.05, 0) is 37.1 Å². The number of pyridine rings is 1. The molecule has 96 valence electrons. The van der Waals surface area contributed by atoms with Crippen LogP contribution >= 0.6 is 0 Å². The summed E-state index contributed by atoms with van der Waals surface area (Å²) < 4.78 is 0. The minimum absolute atomic E-state index is 0.0714. The van der Waals surface area contributed by atoms with E-state index in [9.17, 15) is 4.79 Å². The number of hydrogen-bond acceptors (Lipinski definition) is 3. The molecule has 0 aliphatic rings. The summed E-state index contributed by atoms with van der Waals surface area (Å²) in [6, 6.07) is 6.01. The average Bonchev–Trinajstić information content (AvgIpc) is 2.30. The lowest BCUT2D eigenvalue weighted by Gasteiger charge is -2.07. The van der Waals surface area contributed by atoms with Gasteiger partial charge in [0.2, 0.25) is 0 Å². The smallest absolute Gasteiger partial charge is 0.252 e. The fourth-order valence-corrected chi connectivity index (χ4v) is 2.15. The molecule has 1 heterocycles. The van der Waals surface area contributed by atoms with Gasteiger partial charge in [-0.25, -0.2) is 0 Å². The van der Waals surface area contributed by atoms with Gasteiger partial charge in [-0.1, -0.05) is 6.07 Å². The van der Waals surface area contributed by atoms with Gasteiger partial charge in [-0.15, -0.1) is 0 Å². The summed E-state index contributed by atoms with van der Waals surface area (Å²) in [6.07, 6.45) is 0. The summed E-state index contributed by atoms with van der Waals surface area (Å²) in [4.78, 5) is 14.8. The van der Waals surface area contributed by atoms with E-state index >= 15 is 0 Å². The van der Waals surface area contributed by atoms with Crippen molar-refractivity contribution in [3.63, 3.8) is 0 Å². The molecule has 2 rings (SSSR count). The van der Waals surface area contributed by atoms with Crippen molar-refractivity contribution in [2.24, 2.45) is 0 Å². The Hall–Kier alpha value is -1.65. The number of benzene rings is 1. The lowest BCUT2D eigenvalue weighted by molar-refractivity contribution is 0.292. The molecule has 3 N–H and O–H groups in total. The number of rotatable bonds is 4. The zero-order valence-corrected chi connectivity index (χ0v) is 10.7. The van der Waals surface area contributed by atoms with Gasteiger partial charge in [0.1, 0.15) is 0 Å². The summed E-state index contributed by atoms with van der Waals surface area (Å²) in [7, 11) is 0. The molecule has 0 atom stereocenters. The highest BCUT2D eigenvalue weighted by molar-refractivity contribution is 5.83. The molecule has 18 heavy (non-hydrogen) atoms. The minimum atomic E-state index is -0.0714. The number of aryl methyl sites for hydroxylation is 2. The molecule has 0 radical (unpaired) electrons. The molecule has 0 fully saturated rings. The molecule has 0 amide bonds. The Labute approximate surface area is 106 Å². The Balaban J connectivity index is 2.44. The molecule has 0 spiro atoms. The summed E-state index contributed by atoms with van der Waals surface area (Å²) in [5.41, 5.74) is 3.80. The van der Waals surface area contributed by atoms with Gasteiger partial charge in [0.15, 0.2) is 0 Å². The van der Waals surface area contributed by atoms with Crippen LogP contribution in [0.3, 0.4) is 0 Å². The molecule has 0 bridgehead atoms. The first-order valence-electron chi connectivity index (χ1n) is 6.06. The van der Waals surface area contributed by atoms with Crippen molar-refractivity contribution in [3.8, 4) is 0 Å². The first-order valence-corrected chi connectivity index (χ1v) is 6.06. The first-order chi connectivity index (χ1) is 8.61. The van der Waals surface area contributed by atoms with Crippen LogP contribution in [-0.4, -0.2) is 23.2 Å². The third-order valence-electron chi connectivity index (χ3n) is 2.99. The van der Waals surface area contributed by atoms with Gasteiger partial charge < -0.3 is 15.4 Å². The Morgan fingerprint density at radius 3 is 2.78 bits per heavy atom. The third kappa shape index (κ3) is 2.60. The average molecular weight is 246 g/mol. The van der Waals surface area contributed by atoms with Crippen molar-refractivity contribution >= 4 is 10.9 Å². The molecule has 2 aromatic rings. The number of aliphatic hydroxyl groups is 1. The molecule has 4 nitrogen and oxygen atoms in total. The predicted molar refractivity (Wildman–Crippen MR) is 72.8 cm³/mol. The Bertz CT molecular complexity index is 617. The second-order valence-electron chi connectivity index (χ2n) is 4.57. The van der Waals surface area contributed by atoms with Crippen LogP contribution < -0.4 is 10.9 Å². The predicted octanol–water partition coefficient (Wildman–Crippen LogP) is 1.23. The highest BCUT2D eigenvalue weighted by Gasteiger charge is 2.05. The van der Waals surface area contributed by atoms with Crippen LogP contribution in [-0.2, 0) is 6.54 Å². The highest BCUT2D eigenvalue weighted by atomic mass is 16.3.